The van der Waals surface area contributed by atoms with Gasteiger partial charge in [-0.2, -0.15) is 0 Å². The number of benzene rings is 5. The van der Waals surface area contributed by atoms with Crippen molar-refractivity contribution in [2.45, 2.75) is 26.9 Å². The molecule has 5 aromatic carbocycles. The number of aryl methyl sites for hydroxylation is 2. The Morgan fingerprint density at radius 2 is 1.28 bits per heavy atom. The lowest BCUT2D eigenvalue weighted by Gasteiger charge is -2.34. The van der Waals surface area contributed by atoms with Gasteiger partial charge in [-0.3, -0.25) is 0 Å². The highest BCUT2D eigenvalue weighted by Gasteiger charge is 2.35. The molecule has 0 amide bonds. The van der Waals surface area contributed by atoms with Gasteiger partial charge in [0.2, 0.25) is 0 Å². The highest BCUT2D eigenvalue weighted by Crippen LogP contribution is 2.41. The summed E-state index contributed by atoms with van der Waals surface area (Å²) in [6, 6.07) is 27.8. The Labute approximate surface area is 172 Å². The monoisotopic (exact) mass is 388 g/mol. The van der Waals surface area contributed by atoms with Gasteiger partial charge in [0.15, 0.2) is 0 Å². The Hall–Kier alpha value is -2.90. The van der Waals surface area contributed by atoms with Gasteiger partial charge >= 0.3 is 0 Å². The zero-order valence-corrected chi connectivity index (χ0v) is 18.4. The van der Waals surface area contributed by atoms with Crippen LogP contribution in [0.2, 0.25) is 13.1 Å². The van der Waals surface area contributed by atoms with Crippen LogP contribution in [0.4, 0.5) is 0 Å². The summed E-state index contributed by atoms with van der Waals surface area (Å²) in [5.41, 5.74) is 5.58. The highest BCUT2D eigenvalue weighted by atomic mass is 28.3. The second-order valence-electron chi connectivity index (χ2n) is 9.16. The van der Waals surface area contributed by atoms with Crippen molar-refractivity contribution in [2.24, 2.45) is 0 Å². The summed E-state index contributed by atoms with van der Waals surface area (Å²) in [6.45, 7) is 9.49. The van der Waals surface area contributed by atoms with Crippen molar-refractivity contribution < 1.29 is 0 Å². The molecule has 0 spiro atoms. The molecule has 1 heteroatoms. The van der Waals surface area contributed by atoms with Crippen molar-refractivity contribution >= 4 is 50.8 Å². The van der Waals surface area contributed by atoms with Gasteiger partial charge < -0.3 is 0 Å². The van der Waals surface area contributed by atoms with Gasteiger partial charge in [0, 0.05) is 0 Å². The fourth-order valence-electron chi connectivity index (χ4n) is 5.53. The minimum absolute atomic E-state index is 1.36. The van der Waals surface area contributed by atoms with Crippen molar-refractivity contribution in [2.75, 3.05) is 0 Å². The van der Waals surface area contributed by atoms with Crippen LogP contribution in [0.5, 0.6) is 0 Å². The summed E-state index contributed by atoms with van der Waals surface area (Å²) < 4.78 is 0. The molecule has 0 saturated heterocycles. The largest absolute Gasteiger partial charge is 0.113 e. The maximum Gasteiger partial charge on any atom is 0.113 e. The minimum atomic E-state index is -1.75. The maximum atomic E-state index is 2.51. The molecule has 0 aromatic heterocycles. The lowest BCUT2D eigenvalue weighted by molar-refractivity contribution is 1.48. The molecule has 0 atom stereocenters. The lowest BCUT2D eigenvalue weighted by Crippen LogP contribution is -2.55. The van der Waals surface area contributed by atoms with Crippen molar-refractivity contribution in [1.29, 1.82) is 0 Å². The topological polar surface area (TPSA) is 0 Å². The van der Waals surface area contributed by atoms with Crippen molar-refractivity contribution in [3.05, 3.63) is 83.9 Å². The van der Waals surface area contributed by atoms with E-state index in [-0.39, 0.29) is 0 Å². The van der Waals surface area contributed by atoms with Crippen molar-refractivity contribution in [3.63, 3.8) is 0 Å². The molecule has 0 N–H and O–H groups in total. The molecule has 0 aliphatic carbocycles. The number of fused-ring (bicyclic) bond motifs is 6. The van der Waals surface area contributed by atoms with E-state index in [0.717, 1.165) is 0 Å². The molecular weight excluding hydrogens is 364 g/mol. The van der Waals surface area contributed by atoms with Gasteiger partial charge in [-0.25, -0.2) is 0 Å². The van der Waals surface area contributed by atoms with Gasteiger partial charge in [-0.15, -0.1) is 0 Å². The van der Waals surface area contributed by atoms with Crippen LogP contribution in [-0.4, -0.2) is 8.07 Å². The third kappa shape index (κ3) is 2.14. The second kappa shape index (κ2) is 5.58. The summed E-state index contributed by atoms with van der Waals surface area (Å²) >= 11 is 0. The van der Waals surface area contributed by atoms with E-state index in [0.29, 0.717) is 0 Å². The first-order valence-electron chi connectivity index (χ1n) is 10.5. The molecule has 0 fully saturated rings. The standard InChI is InChI=1S/C28H24Si/c1-17-12-13-21-25-16-24-20-9-6-5-8-19(20)18(2)15-23(24)22-10-7-11-26(28(22)25)29(3,4)27(21)14-17/h5-16H,1-4H3. The molecule has 1 heterocycles. The number of rotatable bonds is 0. The van der Waals surface area contributed by atoms with E-state index in [2.05, 4.69) is 99.7 Å². The number of hydrogen-bond donors (Lipinski definition) is 0. The SMILES string of the molecule is Cc1ccc2c(c1)[Si](C)(C)c1cccc3c1c-2cc1c2ccccc2c(C)cc31. The first-order valence-corrected chi connectivity index (χ1v) is 13.5. The summed E-state index contributed by atoms with van der Waals surface area (Å²) in [5.74, 6) is 0. The predicted octanol–water partition coefficient (Wildman–Crippen LogP) is 6.57. The van der Waals surface area contributed by atoms with E-state index in [1.54, 1.807) is 10.4 Å². The molecule has 1 aliphatic heterocycles. The van der Waals surface area contributed by atoms with E-state index in [1.807, 2.05) is 0 Å². The third-order valence-corrected chi connectivity index (χ3v) is 10.5. The van der Waals surface area contributed by atoms with Crippen LogP contribution < -0.4 is 10.4 Å². The van der Waals surface area contributed by atoms with Gasteiger partial charge in [0.25, 0.3) is 0 Å². The third-order valence-electron chi connectivity index (χ3n) is 7.02. The average Bonchev–Trinajstić information content (AvgIpc) is 2.72. The van der Waals surface area contributed by atoms with Crippen LogP contribution in [0.1, 0.15) is 11.1 Å². The van der Waals surface area contributed by atoms with E-state index >= 15 is 0 Å². The van der Waals surface area contributed by atoms with Crippen LogP contribution in [0.25, 0.3) is 43.4 Å². The van der Waals surface area contributed by atoms with E-state index < -0.39 is 8.07 Å². The highest BCUT2D eigenvalue weighted by molar-refractivity contribution is 7.03. The molecular formula is C28H24Si. The van der Waals surface area contributed by atoms with Gasteiger partial charge in [0.05, 0.1) is 0 Å². The molecule has 140 valence electrons. The quantitative estimate of drug-likeness (QED) is 0.208. The van der Waals surface area contributed by atoms with Gasteiger partial charge in [-0.05, 0) is 79.3 Å². The normalized spacial score (nSPS) is 14.5. The zero-order chi connectivity index (χ0) is 19.9. The first kappa shape index (κ1) is 17.0. The molecule has 0 nitrogen and oxygen atoms in total. The molecule has 6 rings (SSSR count). The molecule has 1 aliphatic rings. The Morgan fingerprint density at radius 3 is 2.10 bits per heavy atom. The van der Waals surface area contributed by atoms with Crippen LogP contribution in [-0.2, 0) is 0 Å². The number of hydrogen-bond acceptors (Lipinski definition) is 0. The van der Waals surface area contributed by atoms with E-state index in [4.69, 9.17) is 0 Å². The zero-order valence-electron chi connectivity index (χ0n) is 17.4. The smallest absolute Gasteiger partial charge is 0.0619 e. The Bertz CT molecular complexity index is 1490. The summed E-state index contributed by atoms with van der Waals surface area (Å²) in [5, 5.41) is 11.5. The Kier molecular flexibility index (Phi) is 3.27. The maximum absolute atomic E-state index is 2.51. The lowest BCUT2D eigenvalue weighted by atomic mass is 9.89. The fourth-order valence-corrected chi connectivity index (χ4v) is 8.71. The average molecular weight is 389 g/mol. The Balaban J connectivity index is 1.91. The van der Waals surface area contributed by atoms with Crippen LogP contribution >= 0.6 is 0 Å². The summed E-state index contributed by atoms with van der Waals surface area (Å²) in [4.78, 5) is 0. The summed E-state index contributed by atoms with van der Waals surface area (Å²) in [6.07, 6.45) is 0. The molecule has 0 saturated carbocycles. The van der Waals surface area contributed by atoms with Crippen molar-refractivity contribution in [3.8, 4) is 11.1 Å². The first-order chi connectivity index (χ1) is 14.0. The molecule has 5 aromatic rings. The van der Waals surface area contributed by atoms with E-state index in [1.165, 1.54) is 54.6 Å². The van der Waals surface area contributed by atoms with Gasteiger partial charge in [0.1, 0.15) is 8.07 Å². The van der Waals surface area contributed by atoms with E-state index in [9.17, 15) is 0 Å². The summed E-state index contributed by atoms with van der Waals surface area (Å²) in [7, 11) is -1.75. The molecule has 29 heavy (non-hydrogen) atoms. The Morgan fingerprint density at radius 1 is 0.552 bits per heavy atom. The fraction of sp³-hybridized carbons (Fsp3) is 0.143. The predicted molar refractivity (Wildman–Crippen MR) is 131 cm³/mol. The molecule has 0 unspecified atom stereocenters. The molecule has 0 radical (unpaired) electrons. The van der Waals surface area contributed by atoms with Crippen molar-refractivity contribution in [1.82, 2.24) is 0 Å². The van der Waals surface area contributed by atoms with Crippen LogP contribution in [0.15, 0.2) is 72.8 Å². The van der Waals surface area contributed by atoms with Crippen LogP contribution in [0.3, 0.4) is 0 Å². The molecule has 0 bridgehead atoms. The second-order valence-corrected chi connectivity index (χ2v) is 13.5. The van der Waals surface area contributed by atoms with Gasteiger partial charge in [-0.1, -0.05) is 85.4 Å². The van der Waals surface area contributed by atoms with Crippen LogP contribution in [0, 0.1) is 13.8 Å². The minimum Gasteiger partial charge on any atom is -0.0619 e.